The third-order valence-corrected chi connectivity index (χ3v) is 4.33. The zero-order valence-corrected chi connectivity index (χ0v) is 16.3. The Morgan fingerprint density at radius 3 is 1.41 bits per heavy atom. The van der Waals surface area contributed by atoms with Crippen LogP contribution in [0, 0.1) is 0 Å². The minimum absolute atomic E-state index is 0.226. The maximum atomic E-state index is 11.9. The predicted molar refractivity (Wildman–Crippen MR) is 105 cm³/mol. The van der Waals surface area contributed by atoms with Gasteiger partial charge in [-0.25, -0.2) is 9.59 Å². The second kappa shape index (κ2) is 11.6. The van der Waals surface area contributed by atoms with Crippen LogP contribution in [0.3, 0.4) is 0 Å². The molecule has 0 saturated heterocycles. The monoisotopic (exact) mass is 409 g/mol. The molecule has 2 aromatic rings. The summed E-state index contributed by atoms with van der Waals surface area (Å²) in [6, 6.07) is 13.9. The molecule has 0 fully saturated rings. The molecule has 0 heterocycles. The summed E-state index contributed by atoms with van der Waals surface area (Å²) < 4.78 is 10.3. The van der Waals surface area contributed by atoms with Crippen LogP contribution in [0.5, 0.6) is 0 Å². The van der Waals surface area contributed by atoms with Gasteiger partial charge in [0.25, 0.3) is 0 Å². The lowest BCUT2D eigenvalue weighted by molar-refractivity contribution is 0.0491. The quantitative estimate of drug-likeness (QED) is 0.367. The Morgan fingerprint density at radius 1 is 0.704 bits per heavy atom. The zero-order valence-electron chi connectivity index (χ0n) is 14.8. The minimum Gasteiger partial charge on any atom is -0.461 e. The van der Waals surface area contributed by atoms with Crippen LogP contribution in [0.1, 0.15) is 31.8 Å². The van der Waals surface area contributed by atoms with E-state index in [0.717, 1.165) is 11.1 Å². The molecule has 144 valence electrons. The fraction of sp³-hybridized carbons (Fsp3) is 0.300. The first-order valence-corrected chi connectivity index (χ1v) is 9.55. The van der Waals surface area contributed by atoms with Gasteiger partial charge in [-0.15, -0.1) is 23.2 Å². The van der Waals surface area contributed by atoms with E-state index in [4.69, 9.17) is 32.7 Å². The number of carbonyl (C=O) groups is 2. The fourth-order valence-corrected chi connectivity index (χ4v) is 2.54. The average molecular weight is 410 g/mol. The van der Waals surface area contributed by atoms with Crippen molar-refractivity contribution in [2.24, 2.45) is 0 Å². The van der Waals surface area contributed by atoms with Crippen LogP contribution in [-0.4, -0.2) is 38.2 Å². The molecule has 0 radical (unpaired) electrons. The predicted octanol–water partition coefficient (Wildman–Crippen LogP) is 3.77. The number of carbonyl (C=O) groups excluding carboxylic acids is 2. The van der Waals surface area contributed by atoms with E-state index < -0.39 is 0 Å². The molecule has 0 amide bonds. The van der Waals surface area contributed by atoms with Crippen molar-refractivity contribution in [3.8, 4) is 0 Å². The highest BCUT2D eigenvalue weighted by Crippen LogP contribution is 2.09. The highest BCUT2D eigenvalue weighted by Gasteiger charge is 2.08. The highest BCUT2D eigenvalue weighted by atomic mass is 35.5. The lowest BCUT2D eigenvalue weighted by atomic mass is 10.1. The molecule has 0 aliphatic rings. The number of halogens is 2. The summed E-state index contributed by atoms with van der Waals surface area (Å²) in [7, 11) is 0. The van der Waals surface area contributed by atoms with Gasteiger partial charge >= 0.3 is 11.9 Å². The lowest BCUT2D eigenvalue weighted by Gasteiger charge is -2.08. The number of alkyl halides is 2. The van der Waals surface area contributed by atoms with Crippen LogP contribution < -0.4 is 5.32 Å². The largest absolute Gasteiger partial charge is 0.461 e. The summed E-state index contributed by atoms with van der Waals surface area (Å²) in [5.41, 5.74) is 2.86. The summed E-state index contributed by atoms with van der Waals surface area (Å²) >= 11 is 11.4. The van der Waals surface area contributed by atoms with E-state index in [1.807, 2.05) is 0 Å². The van der Waals surface area contributed by atoms with Crippen LogP contribution in [0.2, 0.25) is 0 Å². The normalized spacial score (nSPS) is 10.4. The van der Waals surface area contributed by atoms with Gasteiger partial charge in [0.2, 0.25) is 0 Å². The number of hydrogen-bond acceptors (Lipinski definition) is 5. The Bertz CT molecular complexity index is 669. The molecular weight excluding hydrogens is 389 g/mol. The molecule has 1 N–H and O–H groups in total. The third kappa shape index (κ3) is 7.21. The van der Waals surface area contributed by atoms with E-state index in [1.54, 1.807) is 48.5 Å². The number of ether oxygens (including phenoxy) is 2. The van der Waals surface area contributed by atoms with Crippen LogP contribution >= 0.6 is 23.2 Å². The van der Waals surface area contributed by atoms with Crippen molar-refractivity contribution >= 4 is 35.1 Å². The van der Waals surface area contributed by atoms with E-state index in [2.05, 4.69) is 5.32 Å². The van der Waals surface area contributed by atoms with Crippen LogP contribution in [0.4, 0.5) is 0 Å². The van der Waals surface area contributed by atoms with Gasteiger partial charge in [-0.2, -0.15) is 0 Å². The number of benzene rings is 2. The average Bonchev–Trinajstić information content (AvgIpc) is 2.72. The number of hydrogen-bond donors (Lipinski definition) is 1. The molecule has 2 aromatic carbocycles. The first-order valence-electron chi connectivity index (χ1n) is 8.49. The van der Waals surface area contributed by atoms with Gasteiger partial charge in [-0.1, -0.05) is 24.3 Å². The molecule has 0 aliphatic heterocycles. The minimum atomic E-state index is -0.384. The second-order valence-electron chi connectivity index (χ2n) is 5.68. The van der Waals surface area contributed by atoms with Crippen molar-refractivity contribution < 1.29 is 19.1 Å². The van der Waals surface area contributed by atoms with Gasteiger partial charge in [0.1, 0.15) is 13.2 Å². The van der Waals surface area contributed by atoms with Gasteiger partial charge < -0.3 is 14.8 Å². The molecule has 0 aromatic heterocycles. The Hall–Kier alpha value is -2.08. The van der Waals surface area contributed by atoms with Crippen molar-refractivity contribution in [1.29, 1.82) is 0 Å². The number of nitrogens with one attached hydrogen (secondary N) is 1. The van der Waals surface area contributed by atoms with Gasteiger partial charge in [-0.05, 0) is 35.4 Å². The molecule has 0 saturated carbocycles. The zero-order chi connectivity index (χ0) is 19.5. The smallest absolute Gasteiger partial charge is 0.338 e. The molecule has 0 bridgehead atoms. The molecule has 0 spiro atoms. The molecular formula is C20H21Cl2NO4. The van der Waals surface area contributed by atoms with Crippen molar-refractivity contribution in [2.75, 3.05) is 26.3 Å². The molecule has 0 atom stereocenters. The van der Waals surface area contributed by atoms with Crippen LogP contribution in [0.25, 0.3) is 0 Å². The standard InChI is InChI=1S/C20H21Cl2NO4/c21-13-15-1-5-17(6-2-15)19(24)26-11-9-23-10-12-27-20(25)18-7-3-16(14-22)4-8-18/h1-8,23H,9-14H2. The SMILES string of the molecule is O=C(OCCNCCOC(=O)c1ccc(CCl)cc1)c1ccc(CCl)cc1. The molecule has 2 rings (SSSR count). The molecule has 0 aliphatic carbocycles. The molecule has 0 unspecified atom stereocenters. The Kier molecular flexibility index (Phi) is 9.11. The van der Waals surface area contributed by atoms with Crippen LogP contribution in [-0.2, 0) is 21.2 Å². The van der Waals surface area contributed by atoms with E-state index in [-0.39, 0.29) is 25.2 Å². The second-order valence-corrected chi connectivity index (χ2v) is 6.22. The molecule has 7 heteroatoms. The van der Waals surface area contributed by atoms with Crippen molar-refractivity contribution in [1.82, 2.24) is 5.32 Å². The van der Waals surface area contributed by atoms with Gasteiger partial charge in [0, 0.05) is 24.8 Å². The van der Waals surface area contributed by atoms with Crippen molar-refractivity contribution in [2.45, 2.75) is 11.8 Å². The Morgan fingerprint density at radius 2 is 1.07 bits per heavy atom. The Balaban J connectivity index is 1.57. The summed E-state index contributed by atoms with van der Waals surface area (Å²) in [4.78, 5) is 23.7. The number of esters is 2. The molecule has 5 nitrogen and oxygen atoms in total. The Labute approximate surface area is 168 Å². The van der Waals surface area contributed by atoms with Crippen LogP contribution in [0.15, 0.2) is 48.5 Å². The first-order chi connectivity index (χ1) is 13.1. The summed E-state index contributed by atoms with van der Waals surface area (Å²) in [5, 5.41) is 3.05. The highest BCUT2D eigenvalue weighted by molar-refractivity contribution is 6.17. The third-order valence-electron chi connectivity index (χ3n) is 3.71. The van der Waals surface area contributed by atoms with E-state index in [9.17, 15) is 9.59 Å². The summed E-state index contributed by atoms with van der Waals surface area (Å²) in [6.45, 7) is 1.38. The van der Waals surface area contributed by atoms with Crippen molar-refractivity contribution in [3.63, 3.8) is 0 Å². The summed E-state index contributed by atoms with van der Waals surface area (Å²) in [6.07, 6.45) is 0. The first kappa shape index (κ1) is 21.2. The number of rotatable bonds is 10. The topological polar surface area (TPSA) is 64.6 Å². The maximum Gasteiger partial charge on any atom is 0.338 e. The maximum absolute atomic E-state index is 11.9. The van der Waals surface area contributed by atoms with Gasteiger partial charge in [-0.3, -0.25) is 0 Å². The molecule has 27 heavy (non-hydrogen) atoms. The van der Waals surface area contributed by atoms with Gasteiger partial charge in [0.15, 0.2) is 0 Å². The van der Waals surface area contributed by atoms with Gasteiger partial charge in [0.05, 0.1) is 11.1 Å². The van der Waals surface area contributed by atoms with E-state index in [1.165, 1.54) is 0 Å². The fourth-order valence-electron chi connectivity index (χ4n) is 2.18. The van der Waals surface area contributed by atoms with Crippen molar-refractivity contribution in [3.05, 3.63) is 70.8 Å². The lowest BCUT2D eigenvalue weighted by Crippen LogP contribution is -2.26. The summed E-state index contributed by atoms with van der Waals surface area (Å²) in [5.74, 6) is 0.0416. The van der Waals surface area contributed by atoms with E-state index >= 15 is 0 Å². The van der Waals surface area contributed by atoms with E-state index in [0.29, 0.717) is 36.0 Å².